The average molecular weight is 278 g/mol. The molecule has 8 nitrogen and oxygen atoms in total. The van der Waals surface area contributed by atoms with E-state index in [1.54, 1.807) is 18.9 Å². The highest BCUT2D eigenvalue weighted by atomic mass is 16.6. The molecule has 1 rings (SSSR count). The van der Waals surface area contributed by atoms with Crippen molar-refractivity contribution in [1.29, 1.82) is 5.26 Å². The molecule has 20 heavy (non-hydrogen) atoms. The Morgan fingerprint density at radius 2 is 2.20 bits per heavy atom. The Morgan fingerprint density at radius 3 is 2.70 bits per heavy atom. The first-order valence-electron chi connectivity index (χ1n) is 6.29. The van der Waals surface area contributed by atoms with Crippen LogP contribution in [0.4, 0.5) is 17.5 Å². The van der Waals surface area contributed by atoms with Crippen LogP contribution < -0.4 is 10.2 Å². The van der Waals surface area contributed by atoms with E-state index in [4.69, 9.17) is 5.26 Å². The molecule has 1 heterocycles. The third-order valence-electron chi connectivity index (χ3n) is 2.94. The lowest BCUT2D eigenvalue weighted by Gasteiger charge is -2.24. The van der Waals surface area contributed by atoms with Crippen molar-refractivity contribution in [2.75, 3.05) is 23.8 Å². The molecule has 0 aliphatic heterocycles. The monoisotopic (exact) mass is 278 g/mol. The Hall–Kier alpha value is -2.43. The molecule has 0 saturated carbocycles. The molecule has 0 aromatic carbocycles. The van der Waals surface area contributed by atoms with Gasteiger partial charge in [-0.15, -0.1) is 0 Å². The average Bonchev–Trinajstić information content (AvgIpc) is 2.37. The first-order chi connectivity index (χ1) is 9.42. The summed E-state index contributed by atoms with van der Waals surface area (Å²) in [6, 6.07) is 1.87. The van der Waals surface area contributed by atoms with E-state index in [0.29, 0.717) is 18.2 Å². The second-order valence-corrected chi connectivity index (χ2v) is 4.41. The number of nitrogens with one attached hydrogen (secondary N) is 1. The van der Waals surface area contributed by atoms with Crippen molar-refractivity contribution in [3.05, 3.63) is 15.8 Å². The Morgan fingerprint density at radius 1 is 1.55 bits per heavy atom. The number of nitriles is 1. The summed E-state index contributed by atoms with van der Waals surface area (Å²) in [6.07, 6.45) is 0.257. The normalized spacial score (nSPS) is 11.6. The van der Waals surface area contributed by atoms with Gasteiger partial charge < -0.3 is 10.2 Å². The third-order valence-corrected chi connectivity index (χ3v) is 2.94. The number of hydrogen-bond acceptors (Lipinski definition) is 7. The standard InChI is InChI=1S/C12H18N6O2/c1-5-14-12-15-9(3)10(18(19)20)11(16-12)17(4)8(2)6-7-13/h8H,5-6H2,1-4H3,(H,14,15,16). The minimum Gasteiger partial charge on any atom is -0.354 e. The van der Waals surface area contributed by atoms with Crippen LogP contribution in [0.15, 0.2) is 0 Å². The van der Waals surface area contributed by atoms with Gasteiger partial charge in [-0.1, -0.05) is 0 Å². The molecule has 0 spiro atoms. The van der Waals surface area contributed by atoms with E-state index < -0.39 is 4.92 Å². The lowest BCUT2D eigenvalue weighted by molar-refractivity contribution is -0.385. The van der Waals surface area contributed by atoms with Gasteiger partial charge in [0, 0.05) is 19.6 Å². The number of nitrogens with zero attached hydrogens (tertiary/aromatic N) is 5. The first-order valence-corrected chi connectivity index (χ1v) is 6.29. The summed E-state index contributed by atoms with van der Waals surface area (Å²) >= 11 is 0. The van der Waals surface area contributed by atoms with Crippen molar-refractivity contribution >= 4 is 17.5 Å². The summed E-state index contributed by atoms with van der Waals surface area (Å²) in [7, 11) is 1.69. The fourth-order valence-electron chi connectivity index (χ4n) is 1.73. The van der Waals surface area contributed by atoms with Crippen molar-refractivity contribution < 1.29 is 4.92 Å². The minimum absolute atomic E-state index is 0.126. The molecule has 0 fully saturated rings. The fraction of sp³-hybridized carbons (Fsp3) is 0.583. The number of aryl methyl sites for hydroxylation is 1. The Bertz CT molecular complexity index is 539. The van der Waals surface area contributed by atoms with Gasteiger partial charge in [0.25, 0.3) is 0 Å². The van der Waals surface area contributed by atoms with Gasteiger partial charge in [0.1, 0.15) is 5.69 Å². The van der Waals surface area contributed by atoms with Crippen molar-refractivity contribution in [3.8, 4) is 6.07 Å². The highest BCUT2D eigenvalue weighted by molar-refractivity contribution is 5.62. The van der Waals surface area contributed by atoms with Crippen LogP contribution in [0.2, 0.25) is 0 Å². The smallest absolute Gasteiger partial charge is 0.332 e. The largest absolute Gasteiger partial charge is 0.354 e. The minimum atomic E-state index is -0.490. The highest BCUT2D eigenvalue weighted by Crippen LogP contribution is 2.30. The predicted molar refractivity (Wildman–Crippen MR) is 75.7 cm³/mol. The van der Waals surface area contributed by atoms with Crippen LogP contribution in [-0.4, -0.2) is 34.5 Å². The number of anilines is 2. The first kappa shape index (κ1) is 15.6. The zero-order valence-corrected chi connectivity index (χ0v) is 12.0. The van der Waals surface area contributed by atoms with E-state index in [2.05, 4.69) is 21.4 Å². The van der Waals surface area contributed by atoms with Crippen LogP contribution in [0, 0.1) is 28.4 Å². The molecule has 0 amide bonds. The van der Waals surface area contributed by atoms with E-state index in [-0.39, 0.29) is 24.0 Å². The van der Waals surface area contributed by atoms with Gasteiger partial charge in [-0.05, 0) is 20.8 Å². The molecule has 0 saturated heterocycles. The van der Waals surface area contributed by atoms with Gasteiger partial charge >= 0.3 is 5.69 Å². The maximum absolute atomic E-state index is 11.2. The molecule has 108 valence electrons. The van der Waals surface area contributed by atoms with Crippen molar-refractivity contribution in [3.63, 3.8) is 0 Å². The zero-order valence-electron chi connectivity index (χ0n) is 12.0. The Labute approximate surface area is 117 Å². The van der Waals surface area contributed by atoms with E-state index in [9.17, 15) is 10.1 Å². The summed E-state index contributed by atoms with van der Waals surface area (Å²) in [5.41, 5.74) is 0.172. The molecule has 8 heteroatoms. The molecule has 0 aliphatic carbocycles. The SMILES string of the molecule is CCNc1nc(C)c([N+](=O)[O-])c(N(C)C(C)CC#N)n1. The summed E-state index contributed by atoms with van der Waals surface area (Å²) in [6.45, 7) is 5.90. The van der Waals surface area contributed by atoms with Gasteiger partial charge in [0.15, 0.2) is 0 Å². The number of hydrogen-bond donors (Lipinski definition) is 1. The Kier molecular flexibility index (Phi) is 5.20. The van der Waals surface area contributed by atoms with Crippen LogP contribution in [0.5, 0.6) is 0 Å². The van der Waals surface area contributed by atoms with Crippen LogP contribution in [-0.2, 0) is 0 Å². The second kappa shape index (κ2) is 6.65. The van der Waals surface area contributed by atoms with Crippen LogP contribution in [0.25, 0.3) is 0 Å². The van der Waals surface area contributed by atoms with Gasteiger partial charge in [-0.25, -0.2) is 4.98 Å². The maximum atomic E-state index is 11.2. The third kappa shape index (κ3) is 3.32. The molecule has 1 atom stereocenters. The summed E-state index contributed by atoms with van der Waals surface area (Å²) < 4.78 is 0. The van der Waals surface area contributed by atoms with Crippen LogP contribution in [0.3, 0.4) is 0 Å². The molecule has 1 aromatic rings. The number of aromatic nitrogens is 2. The lowest BCUT2D eigenvalue weighted by atomic mass is 10.2. The van der Waals surface area contributed by atoms with Crippen LogP contribution in [0.1, 0.15) is 26.0 Å². The van der Waals surface area contributed by atoms with Gasteiger partial charge in [0.05, 0.1) is 17.4 Å². The molecule has 1 N–H and O–H groups in total. The van der Waals surface area contributed by atoms with E-state index in [1.165, 1.54) is 0 Å². The molecule has 0 bridgehead atoms. The molecule has 0 aliphatic rings. The molecular formula is C12H18N6O2. The number of rotatable bonds is 6. The van der Waals surface area contributed by atoms with E-state index in [0.717, 1.165) is 0 Å². The summed E-state index contributed by atoms with van der Waals surface area (Å²) in [4.78, 5) is 20.6. The zero-order chi connectivity index (χ0) is 15.3. The highest BCUT2D eigenvalue weighted by Gasteiger charge is 2.26. The summed E-state index contributed by atoms with van der Waals surface area (Å²) in [5.74, 6) is 0.572. The van der Waals surface area contributed by atoms with Crippen LogP contribution >= 0.6 is 0 Å². The molecule has 1 aromatic heterocycles. The van der Waals surface area contributed by atoms with E-state index >= 15 is 0 Å². The maximum Gasteiger partial charge on any atom is 0.332 e. The van der Waals surface area contributed by atoms with Gasteiger partial charge in [0.2, 0.25) is 11.8 Å². The van der Waals surface area contributed by atoms with Gasteiger partial charge in [-0.2, -0.15) is 10.2 Å². The van der Waals surface area contributed by atoms with Crippen molar-refractivity contribution in [2.24, 2.45) is 0 Å². The predicted octanol–water partition coefficient (Wildman–Crippen LogP) is 1.86. The quantitative estimate of drug-likeness (QED) is 0.625. The van der Waals surface area contributed by atoms with Crippen molar-refractivity contribution in [2.45, 2.75) is 33.2 Å². The van der Waals surface area contributed by atoms with E-state index in [1.807, 2.05) is 13.8 Å². The topological polar surface area (TPSA) is 108 Å². The molecular weight excluding hydrogens is 260 g/mol. The second-order valence-electron chi connectivity index (χ2n) is 4.41. The van der Waals surface area contributed by atoms with Crippen molar-refractivity contribution in [1.82, 2.24) is 9.97 Å². The number of nitro groups is 1. The van der Waals surface area contributed by atoms with Gasteiger partial charge in [-0.3, -0.25) is 10.1 Å². The molecule has 0 radical (unpaired) electrons. The Balaban J connectivity index is 3.33. The molecule has 1 unspecified atom stereocenters. The summed E-state index contributed by atoms with van der Waals surface area (Å²) in [5, 5.41) is 22.9. The fourth-order valence-corrected chi connectivity index (χ4v) is 1.73. The lowest BCUT2D eigenvalue weighted by Crippen LogP contribution is -2.30.